The van der Waals surface area contributed by atoms with Crippen LogP contribution in [0.3, 0.4) is 0 Å². The van der Waals surface area contributed by atoms with Gasteiger partial charge in [0.15, 0.2) is 0 Å². The van der Waals surface area contributed by atoms with E-state index in [0.717, 1.165) is 22.8 Å². The second-order valence-electron chi connectivity index (χ2n) is 5.61. The van der Waals surface area contributed by atoms with E-state index in [2.05, 4.69) is 25.7 Å². The molecular weight excluding hydrogens is 248 g/mol. The predicted molar refractivity (Wildman–Crippen MR) is 81.8 cm³/mol. The molecule has 1 aliphatic rings. The molecule has 1 aliphatic carbocycles. The number of aliphatic hydroxyl groups excluding tert-OH is 1. The van der Waals surface area contributed by atoms with E-state index in [1.165, 1.54) is 32.1 Å². The molecule has 20 heavy (non-hydrogen) atoms. The summed E-state index contributed by atoms with van der Waals surface area (Å²) in [5, 5.41) is 8.71. The topological polar surface area (TPSA) is 29.5 Å². The summed E-state index contributed by atoms with van der Waals surface area (Å²) in [6.45, 7) is 4.23. The zero-order valence-electron chi connectivity index (χ0n) is 12.5. The molecular formula is C18H24O2. The number of benzene rings is 1. The zero-order valence-corrected chi connectivity index (χ0v) is 12.5. The molecule has 0 radical (unpaired) electrons. The fraction of sp³-hybridized carbons (Fsp3) is 0.556. The van der Waals surface area contributed by atoms with Crippen molar-refractivity contribution < 1.29 is 9.84 Å². The van der Waals surface area contributed by atoms with Crippen LogP contribution in [0.1, 0.15) is 50.2 Å². The average Bonchev–Trinajstić information content (AvgIpc) is 2.48. The minimum Gasteiger partial charge on any atom is -0.490 e. The summed E-state index contributed by atoms with van der Waals surface area (Å²) >= 11 is 0. The molecule has 0 heterocycles. The van der Waals surface area contributed by atoms with Gasteiger partial charge in [0.2, 0.25) is 0 Å². The molecule has 0 spiro atoms. The molecule has 1 fully saturated rings. The van der Waals surface area contributed by atoms with Crippen molar-refractivity contribution in [3.8, 4) is 17.6 Å². The fourth-order valence-corrected chi connectivity index (χ4v) is 2.84. The third-order valence-corrected chi connectivity index (χ3v) is 4.15. The minimum atomic E-state index is -0.0992. The van der Waals surface area contributed by atoms with Gasteiger partial charge in [0.1, 0.15) is 12.4 Å². The average molecular weight is 272 g/mol. The quantitative estimate of drug-likeness (QED) is 0.850. The van der Waals surface area contributed by atoms with Gasteiger partial charge in [-0.1, -0.05) is 25.2 Å². The SMILES string of the molecule is CCC1CCC(Oc2ccc(C#CCO)cc2C)CC1. The van der Waals surface area contributed by atoms with Gasteiger partial charge in [0.05, 0.1) is 6.10 Å². The standard InChI is InChI=1S/C18H24O2/c1-3-15-6-9-17(10-7-15)20-18-11-8-16(5-4-12-19)13-14(18)2/h8,11,13,15,17,19H,3,6-7,9-10,12H2,1-2H3. The van der Waals surface area contributed by atoms with Crippen molar-refractivity contribution in [3.63, 3.8) is 0 Å². The highest BCUT2D eigenvalue weighted by Crippen LogP contribution is 2.30. The van der Waals surface area contributed by atoms with Crippen LogP contribution in [0, 0.1) is 24.7 Å². The number of aliphatic hydroxyl groups is 1. The van der Waals surface area contributed by atoms with Crippen molar-refractivity contribution in [3.05, 3.63) is 29.3 Å². The Balaban J connectivity index is 1.96. The number of hydrogen-bond acceptors (Lipinski definition) is 2. The Labute approximate surface area is 122 Å². The van der Waals surface area contributed by atoms with Crippen LogP contribution in [-0.2, 0) is 0 Å². The van der Waals surface area contributed by atoms with Crippen molar-refractivity contribution in [1.29, 1.82) is 0 Å². The van der Waals surface area contributed by atoms with E-state index in [9.17, 15) is 0 Å². The molecule has 2 rings (SSSR count). The molecule has 2 nitrogen and oxygen atoms in total. The Hall–Kier alpha value is -1.46. The zero-order chi connectivity index (χ0) is 14.4. The van der Waals surface area contributed by atoms with Gasteiger partial charge in [-0.05, 0) is 62.3 Å². The number of aryl methyl sites for hydroxylation is 1. The molecule has 0 saturated heterocycles. The molecule has 0 amide bonds. The van der Waals surface area contributed by atoms with Crippen LogP contribution in [0.2, 0.25) is 0 Å². The van der Waals surface area contributed by atoms with Crippen molar-refractivity contribution in [1.82, 2.24) is 0 Å². The summed E-state index contributed by atoms with van der Waals surface area (Å²) in [5.41, 5.74) is 2.05. The maximum Gasteiger partial charge on any atom is 0.122 e. The molecule has 1 aromatic rings. The Morgan fingerprint density at radius 2 is 2.00 bits per heavy atom. The lowest BCUT2D eigenvalue weighted by molar-refractivity contribution is 0.129. The Kier molecular flexibility index (Phi) is 5.49. The van der Waals surface area contributed by atoms with E-state index in [0.29, 0.717) is 6.10 Å². The largest absolute Gasteiger partial charge is 0.490 e. The summed E-state index contributed by atoms with van der Waals surface area (Å²) < 4.78 is 6.14. The highest BCUT2D eigenvalue weighted by atomic mass is 16.5. The molecule has 0 bridgehead atoms. The summed E-state index contributed by atoms with van der Waals surface area (Å²) in [6, 6.07) is 5.99. The summed E-state index contributed by atoms with van der Waals surface area (Å²) in [6.07, 6.45) is 6.59. The molecule has 1 N–H and O–H groups in total. The van der Waals surface area contributed by atoms with Gasteiger partial charge in [-0.2, -0.15) is 0 Å². The Morgan fingerprint density at radius 3 is 2.60 bits per heavy atom. The number of rotatable bonds is 3. The summed E-state index contributed by atoms with van der Waals surface area (Å²) in [4.78, 5) is 0. The van der Waals surface area contributed by atoms with E-state index in [1.807, 2.05) is 18.2 Å². The minimum absolute atomic E-state index is 0.0992. The van der Waals surface area contributed by atoms with Crippen LogP contribution in [0.4, 0.5) is 0 Å². The molecule has 0 atom stereocenters. The van der Waals surface area contributed by atoms with Crippen LogP contribution in [-0.4, -0.2) is 17.8 Å². The Morgan fingerprint density at radius 1 is 1.25 bits per heavy atom. The van der Waals surface area contributed by atoms with Crippen molar-refractivity contribution in [2.45, 2.75) is 52.1 Å². The maximum atomic E-state index is 8.71. The van der Waals surface area contributed by atoms with Crippen molar-refractivity contribution in [2.75, 3.05) is 6.61 Å². The summed E-state index contributed by atoms with van der Waals surface area (Å²) in [7, 11) is 0. The highest BCUT2D eigenvalue weighted by Gasteiger charge is 2.21. The lowest BCUT2D eigenvalue weighted by Gasteiger charge is -2.28. The number of hydrogen-bond donors (Lipinski definition) is 1. The first kappa shape index (κ1) is 14.9. The Bertz CT molecular complexity index is 488. The third kappa shape index (κ3) is 4.02. The van der Waals surface area contributed by atoms with Gasteiger partial charge < -0.3 is 9.84 Å². The van der Waals surface area contributed by atoms with E-state index in [4.69, 9.17) is 9.84 Å². The van der Waals surface area contributed by atoms with Gasteiger partial charge in [-0.15, -0.1) is 0 Å². The molecule has 0 aromatic heterocycles. The fourth-order valence-electron chi connectivity index (χ4n) is 2.84. The molecule has 2 heteroatoms. The summed E-state index contributed by atoms with van der Waals surface area (Å²) in [5.74, 6) is 7.46. The van der Waals surface area contributed by atoms with Crippen LogP contribution in [0.15, 0.2) is 18.2 Å². The van der Waals surface area contributed by atoms with E-state index < -0.39 is 0 Å². The van der Waals surface area contributed by atoms with Gasteiger partial charge in [-0.25, -0.2) is 0 Å². The molecule has 0 unspecified atom stereocenters. The number of ether oxygens (including phenoxy) is 1. The highest BCUT2D eigenvalue weighted by molar-refractivity contribution is 5.43. The smallest absolute Gasteiger partial charge is 0.122 e. The van der Waals surface area contributed by atoms with Gasteiger partial charge in [0, 0.05) is 5.56 Å². The van der Waals surface area contributed by atoms with Crippen molar-refractivity contribution in [2.24, 2.45) is 5.92 Å². The van der Waals surface area contributed by atoms with Gasteiger partial charge >= 0.3 is 0 Å². The first-order valence-electron chi connectivity index (χ1n) is 7.60. The normalized spacial score (nSPS) is 21.9. The molecule has 0 aliphatic heterocycles. The second kappa shape index (κ2) is 7.36. The third-order valence-electron chi connectivity index (χ3n) is 4.15. The van der Waals surface area contributed by atoms with E-state index in [1.54, 1.807) is 0 Å². The lowest BCUT2D eigenvalue weighted by atomic mass is 9.86. The lowest BCUT2D eigenvalue weighted by Crippen LogP contribution is -2.24. The van der Waals surface area contributed by atoms with Gasteiger partial charge in [0.25, 0.3) is 0 Å². The first-order chi connectivity index (χ1) is 9.72. The van der Waals surface area contributed by atoms with Crippen LogP contribution in [0.5, 0.6) is 5.75 Å². The van der Waals surface area contributed by atoms with Crippen LogP contribution >= 0.6 is 0 Å². The van der Waals surface area contributed by atoms with Gasteiger partial charge in [-0.3, -0.25) is 0 Å². The van der Waals surface area contributed by atoms with E-state index in [-0.39, 0.29) is 6.61 Å². The van der Waals surface area contributed by atoms with Crippen LogP contribution < -0.4 is 4.74 Å². The molecule has 1 aromatic carbocycles. The van der Waals surface area contributed by atoms with Crippen LogP contribution in [0.25, 0.3) is 0 Å². The van der Waals surface area contributed by atoms with Crippen molar-refractivity contribution >= 4 is 0 Å². The maximum absolute atomic E-state index is 8.71. The monoisotopic (exact) mass is 272 g/mol. The first-order valence-corrected chi connectivity index (χ1v) is 7.60. The molecule has 108 valence electrons. The van der Waals surface area contributed by atoms with E-state index >= 15 is 0 Å². The second-order valence-corrected chi connectivity index (χ2v) is 5.61. The molecule has 1 saturated carbocycles. The predicted octanol–water partition coefficient (Wildman–Crippen LogP) is 3.69.